The summed E-state index contributed by atoms with van der Waals surface area (Å²) in [6, 6.07) is 9.92. The first-order valence-corrected chi connectivity index (χ1v) is 5.66. The van der Waals surface area contributed by atoms with E-state index in [4.69, 9.17) is 5.73 Å². The van der Waals surface area contributed by atoms with Crippen molar-refractivity contribution >= 4 is 11.5 Å². The summed E-state index contributed by atoms with van der Waals surface area (Å²) >= 11 is 0. The lowest BCUT2D eigenvalue weighted by molar-refractivity contribution is 0.103. The predicted molar refractivity (Wildman–Crippen MR) is 70.2 cm³/mol. The van der Waals surface area contributed by atoms with Crippen molar-refractivity contribution in [3.05, 3.63) is 64.5 Å². The van der Waals surface area contributed by atoms with Gasteiger partial charge < -0.3 is 5.73 Å². The average Bonchev–Trinajstić information content (AvgIpc) is 2.34. The van der Waals surface area contributed by atoms with Gasteiger partial charge in [-0.25, -0.2) is 4.39 Å². The third kappa shape index (κ3) is 2.25. The number of nitrogens with two attached hydrogens (primary N) is 1. The van der Waals surface area contributed by atoms with Crippen LogP contribution >= 0.6 is 0 Å². The highest BCUT2D eigenvalue weighted by Gasteiger charge is 2.16. The fourth-order valence-corrected chi connectivity index (χ4v) is 1.82. The molecule has 0 heterocycles. The minimum absolute atomic E-state index is 0.0244. The second-order valence-electron chi connectivity index (χ2n) is 4.39. The lowest BCUT2D eigenvalue weighted by atomic mass is 9.99. The van der Waals surface area contributed by atoms with E-state index in [0.717, 1.165) is 5.56 Å². The first-order chi connectivity index (χ1) is 8.49. The topological polar surface area (TPSA) is 43.1 Å². The summed E-state index contributed by atoms with van der Waals surface area (Å²) in [5, 5.41) is 0. The molecular weight excluding hydrogens is 229 g/mol. The maximum atomic E-state index is 13.9. The van der Waals surface area contributed by atoms with Crippen LogP contribution in [0.25, 0.3) is 0 Å². The Morgan fingerprint density at radius 3 is 2.33 bits per heavy atom. The summed E-state index contributed by atoms with van der Waals surface area (Å²) in [6.07, 6.45) is 0. The summed E-state index contributed by atoms with van der Waals surface area (Å²) in [5.41, 5.74) is 7.96. The van der Waals surface area contributed by atoms with Gasteiger partial charge in [0.25, 0.3) is 0 Å². The SMILES string of the molecule is Cc1ccc(C(=O)c2cc(N)cc(C)c2F)cc1. The molecule has 0 aliphatic rings. The third-order valence-electron chi connectivity index (χ3n) is 2.84. The number of aryl methyl sites for hydroxylation is 2. The number of benzene rings is 2. The van der Waals surface area contributed by atoms with Gasteiger partial charge >= 0.3 is 0 Å². The Bertz CT molecular complexity index is 603. The first-order valence-electron chi connectivity index (χ1n) is 5.66. The quantitative estimate of drug-likeness (QED) is 0.650. The van der Waals surface area contributed by atoms with E-state index in [0.29, 0.717) is 16.8 Å². The van der Waals surface area contributed by atoms with Crippen LogP contribution in [0.2, 0.25) is 0 Å². The zero-order chi connectivity index (χ0) is 13.3. The van der Waals surface area contributed by atoms with Crippen LogP contribution in [0.3, 0.4) is 0 Å². The number of hydrogen-bond donors (Lipinski definition) is 1. The second kappa shape index (κ2) is 4.61. The van der Waals surface area contributed by atoms with Gasteiger partial charge in [-0.1, -0.05) is 29.8 Å². The van der Waals surface area contributed by atoms with E-state index in [9.17, 15) is 9.18 Å². The standard InChI is InChI=1S/C15H14FNO/c1-9-3-5-11(6-4-9)15(18)13-8-12(17)7-10(2)14(13)16/h3-8H,17H2,1-2H3. The van der Waals surface area contributed by atoms with E-state index >= 15 is 0 Å². The average molecular weight is 243 g/mol. The molecule has 0 aliphatic carbocycles. The Balaban J connectivity index is 2.49. The van der Waals surface area contributed by atoms with Crippen LogP contribution < -0.4 is 5.73 Å². The summed E-state index contributed by atoms with van der Waals surface area (Å²) in [7, 11) is 0. The minimum atomic E-state index is -0.505. The number of anilines is 1. The molecule has 2 aromatic carbocycles. The second-order valence-corrected chi connectivity index (χ2v) is 4.39. The van der Waals surface area contributed by atoms with Gasteiger partial charge in [0.1, 0.15) is 5.82 Å². The molecule has 0 amide bonds. The van der Waals surface area contributed by atoms with Gasteiger partial charge in [0.2, 0.25) is 0 Å². The molecule has 18 heavy (non-hydrogen) atoms. The van der Waals surface area contributed by atoms with Crippen molar-refractivity contribution in [3.8, 4) is 0 Å². The van der Waals surface area contributed by atoms with E-state index in [1.54, 1.807) is 19.1 Å². The van der Waals surface area contributed by atoms with Crippen LogP contribution in [0, 0.1) is 19.7 Å². The number of halogens is 1. The molecular formula is C15H14FNO. The Morgan fingerprint density at radius 2 is 1.72 bits per heavy atom. The molecule has 2 nitrogen and oxygen atoms in total. The molecule has 0 bridgehead atoms. The number of hydrogen-bond acceptors (Lipinski definition) is 2. The molecule has 0 aromatic heterocycles. The summed E-state index contributed by atoms with van der Waals surface area (Å²) in [4.78, 5) is 12.2. The largest absolute Gasteiger partial charge is 0.399 e. The zero-order valence-corrected chi connectivity index (χ0v) is 10.3. The Hall–Kier alpha value is -2.16. The van der Waals surface area contributed by atoms with Crippen molar-refractivity contribution in [2.45, 2.75) is 13.8 Å². The summed E-state index contributed by atoms with van der Waals surface area (Å²) in [6.45, 7) is 3.52. The number of carbonyl (C=O) groups excluding carboxylic acids is 1. The van der Waals surface area contributed by atoms with Gasteiger partial charge in [-0.2, -0.15) is 0 Å². The highest BCUT2D eigenvalue weighted by molar-refractivity contribution is 6.09. The molecule has 92 valence electrons. The molecule has 2 aromatic rings. The van der Waals surface area contributed by atoms with E-state index in [1.165, 1.54) is 12.1 Å². The molecule has 0 atom stereocenters. The molecule has 3 heteroatoms. The van der Waals surface area contributed by atoms with Gasteiger partial charge in [-0.15, -0.1) is 0 Å². The van der Waals surface area contributed by atoms with E-state index in [2.05, 4.69) is 0 Å². The predicted octanol–water partition coefficient (Wildman–Crippen LogP) is 3.26. The Morgan fingerprint density at radius 1 is 1.11 bits per heavy atom. The van der Waals surface area contributed by atoms with Gasteiger partial charge in [-0.05, 0) is 31.5 Å². The molecule has 0 aliphatic heterocycles. The molecule has 2 rings (SSSR count). The van der Waals surface area contributed by atoms with Crippen LogP contribution in [0.1, 0.15) is 27.0 Å². The van der Waals surface area contributed by atoms with Gasteiger partial charge in [0.15, 0.2) is 5.78 Å². The number of nitrogen functional groups attached to an aromatic ring is 1. The van der Waals surface area contributed by atoms with E-state index in [1.807, 2.05) is 19.1 Å². The van der Waals surface area contributed by atoms with Crippen molar-refractivity contribution in [1.82, 2.24) is 0 Å². The molecule has 0 saturated carbocycles. The van der Waals surface area contributed by atoms with Crippen molar-refractivity contribution in [2.24, 2.45) is 0 Å². The fraction of sp³-hybridized carbons (Fsp3) is 0.133. The van der Waals surface area contributed by atoms with Crippen molar-refractivity contribution in [2.75, 3.05) is 5.73 Å². The number of ketones is 1. The van der Waals surface area contributed by atoms with Crippen LogP contribution in [-0.2, 0) is 0 Å². The van der Waals surface area contributed by atoms with Gasteiger partial charge in [-0.3, -0.25) is 4.79 Å². The highest BCUT2D eigenvalue weighted by Crippen LogP contribution is 2.20. The summed E-state index contributed by atoms with van der Waals surface area (Å²) in [5.74, 6) is -0.849. The lowest BCUT2D eigenvalue weighted by Gasteiger charge is -2.07. The van der Waals surface area contributed by atoms with Crippen molar-refractivity contribution in [1.29, 1.82) is 0 Å². The van der Waals surface area contributed by atoms with Crippen LogP contribution in [-0.4, -0.2) is 5.78 Å². The van der Waals surface area contributed by atoms with Crippen LogP contribution in [0.5, 0.6) is 0 Å². The first kappa shape index (κ1) is 12.3. The maximum Gasteiger partial charge on any atom is 0.196 e. The molecule has 0 spiro atoms. The number of rotatable bonds is 2. The van der Waals surface area contributed by atoms with Gasteiger partial charge in [0, 0.05) is 11.3 Å². The number of carbonyl (C=O) groups is 1. The summed E-state index contributed by atoms with van der Waals surface area (Å²) < 4.78 is 13.9. The Labute approximate surface area is 105 Å². The molecule has 0 unspecified atom stereocenters. The maximum absolute atomic E-state index is 13.9. The highest BCUT2D eigenvalue weighted by atomic mass is 19.1. The Kier molecular flexibility index (Phi) is 3.15. The van der Waals surface area contributed by atoms with Crippen LogP contribution in [0.15, 0.2) is 36.4 Å². The normalized spacial score (nSPS) is 10.4. The molecule has 0 radical (unpaired) electrons. The lowest BCUT2D eigenvalue weighted by Crippen LogP contribution is -2.07. The molecule has 2 N–H and O–H groups in total. The van der Waals surface area contributed by atoms with Crippen LogP contribution in [0.4, 0.5) is 10.1 Å². The van der Waals surface area contributed by atoms with Gasteiger partial charge in [0.05, 0.1) is 5.56 Å². The third-order valence-corrected chi connectivity index (χ3v) is 2.84. The van der Waals surface area contributed by atoms with Crippen molar-refractivity contribution < 1.29 is 9.18 Å². The van der Waals surface area contributed by atoms with E-state index < -0.39 is 5.82 Å². The minimum Gasteiger partial charge on any atom is -0.399 e. The monoisotopic (exact) mass is 243 g/mol. The molecule has 0 fully saturated rings. The van der Waals surface area contributed by atoms with Crippen molar-refractivity contribution in [3.63, 3.8) is 0 Å². The van der Waals surface area contributed by atoms with E-state index in [-0.39, 0.29) is 11.3 Å². The fourth-order valence-electron chi connectivity index (χ4n) is 1.82. The smallest absolute Gasteiger partial charge is 0.196 e. The molecule has 0 saturated heterocycles. The zero-order valence-electron chi connectivity index (χ0n) is 10.3.